The van der Waals surface area contributed by atoms with Crippen molar-refractivity contribution in [2.45, 2.75) is 38.7 Å². The van der Waals surface area contributed by atoms with Crippen molar-refractivity contribution in [2.75, 3.05) is 19.6 Å². The van der Waals surface area contributed by atoms with E-state index in [1.165, 1.54) is 28.9 Å². The van der Waals surface area contributed by atoms with Crippen molar-refractivity contribution in [1.82, 2.24) is 25.1 Å². The van der Waals surface area contributed by atoms with Gasteiger partial charge in [-0.3, -0.25) is 19.2 Å². The first kappa shape index (κ1) is 27.6. The Bertz CT molecular complexity index is 1470. The number of aromatic nitrogens is 2. The van der Waals surface area contributed by atoms with Gasteiger partial charge in [0.2, 0.25) is 5.91 Å². The topological polar surface area (TPSA) is 125 Å². The van der Waals surface area contributed by atoms with Crippen LogP contribution in [0.5, 0.6) is 5.75 Å². The molecule has 2 aromatic carbocycles. The molecule has 2 N–H and O–H groups in total. The monoisotopic (exact) mass is 545 g/mol. The van der Waals surface area contributed by atoms with E-state index in [1.54, 1.807) is 38.1 Å². The first-order chi connectivity index (χ1) is 18.2. The number of carbonyl (C=O) groups is 3. The molecule has 1 atom stereocenters. The molecule has 13 heteroatoms. The molecular weight excluding hydrogens is 519 g/mol. The van der Waals surface area contributed by atoms with Gasteiger partial charge in [-0.15, -0.1) is 13.2 Å². The molecule has 0 unspecified atom stereocenters. The molecule has 1 aliphatic rings. The fourth-order valence-electron chi connectivity index (χ4n) is 4.46. The number of nitrogens with one attached hydrogen (secondary N) is 2. The van der Waals surface area contributed by atoms with Crippen LogP contribution in [0.2, 0.25) is 0 Å². The predicted molar refractivity (Wildman–Crippen MR) is 134 cm³/mol. The summed E-state index contributed by atoms with van der Waals surface area (Å²) in [6.45, 7) is 5.47. The van der Waals surface area contributed by atoms with E-state index in [0.29, 0.717) is 11.0 Å². The fourth-order valence-corrected chi connectivity index (χ4v) is 4.46. The number of hydrogen-bond donors (Lipinski definition) is 2. The minimum absolute atomic E-state index is 0.141. The third kappa shape index (κ3) is 6.19. The number of piperazine rings is 1. The molecule has 1 saturated heterocycles. The summed E-state index contributed by atoms with van der Waals surface area (Å²) >= 11 is 0. The number of amides is 3. The van der Waals surface area contributed by atoms with Gasteiger partial charge < -0.3 is 24.8 Å². The molecule has 0 bridgehead atoms. The summed E-state index contributed by atoms with van der Waals surface area (Å²) in [6, 6.07) is 10.4. The number of fused-ring (bicyclic) bond motifs is 1. The Hall–Kier alpha value is -4.42. The van der Waals surface area contributed by atoms with Crippen molar-refractivity contribution in [3.8, 4) is 5.75 Å². The first-order valence-corrected chi connectivity index (χ1v) is 12.0. The Morgan fingerprint density at radius 1 is 1.08 bits per heavy atom. The minimum atomic E-state index is -4.84. The second kappa shape index (κ2) is 10.4. The number of ether oxygens (including phenoxy) is 1. The zero-order valence-electron chi connectivity index (χ0n) is 21.3. The SMILES string of the molecule is C[C@H](NC(=O)c1nc2ccccc2[nH]c1=O)C(=O)N1CCN(C(=O)c2ccc(OC(F)(F)F)cc2)C(C)(C)C1. The van der Waals surface area contributed by atoms with Crippen LogP contribution in [-0.4, -0.2) is 75.1 Å². The maximum absolute atomic E-state index is 13.1. The number of hydrogen-bond acceptors (Lipinski definition) is 6. The molecule has 4 rings (SSSR count). The normalized spacial score (nSPS) is 16.1. The van der Waals surface area contributed by atoms with Gasteiger partial charge in [0, 0.05) is 25.2 Å². The maximum Gasteiger partial charge on any atom is 0.573 e. The third-order valence-corrected chi connectivity index (χ3v) is 6.33. The lowest BCUT2D eigenvalue weighted by Gasteiger charge is -2.47. The summed E-state index contributed by atoms with van der Waals surface area (Å²) < 4.78 is 41.1. The number of carbonyl (C=O) groups excluding carboxylic acids is 3. The molecule has 1 aliphatic heterocycles. The van der Waals surface area contributed by atoms with Gasteiger partial charge in [0.25, 0.3) is 17.4 Å². The average Bonchev–Trinajstić information content (AvgIpc) is 2.86. The Morgan fingerprint density at radius 2 is 1.74 bits per heavy atom. The summed E-state index contributed by atoms with van der Waals surface area (Å²) in [5.74, 6) is -2.05. The lowest BCUT2D eigenvalue weighted by Crippen LogP contribution is -2.63. The number of benzene rings is 2. The first-order valence-electron chi connectivity index (χ1n) is 12.0. The van der Waals surface area contributed by atoms with E-state index in [-0.39, 0.29) is 30.9 Å². The largest absolute Gasteiger partial charge is 0.573 e. The van der Waals surface area contributed by atoms with Gasteiger partial charge in [0.05, 0.1) is 16.6 Å². The summed E-state index contributed by atoms with van der Waals surface area (Å²) in [6.07, 6.45) is -4.84. The van der Waals surface area contributed by atoms with Crippen LogP contribution in [0.4, 0.5) is 13.2 Å². The van der Waals surface area contributed by atoms with Crippen LogP contribution in [-0.2, 0) is 4.79 Å². The highest BCUT2D eigenvalue weighted by molar-refractivity contribution is 5.97. The zero-order chi connectivity index (χ0) is 28.5. The van der Waals surface area contributed by atoms with Gasteiger partial charge in [-0.2, -0.15) is 0 Å². The van der Waals surface area contributed by atoms with Gasteiger partial charge in [0.15, 0.2) is 5.69 Å². The average molecular weight is 546 g/mol. The van der Waals surface area contributed by atoms with E-state index in [9.17, 15) is 32.3 Å². The quantitative estimate of drug-likeness (QED) is 0.508. The summed E-state index contributed by atoms with van der Waals surface area (Å²) in [5, 5.41) is 2.52. The highest BCUT2D eigenvalue weighted by atomic mass is 19.4. The second-order valence-corrected chi connectivity index (χ2v) is 9.73. The van der Waals surface area contributed by atoms with Crippen LogP contribution < -0.4 is 15.6 Å². The molecule has 0 radical (unpaired) electrons. The molecule has 3 amide bonds. The van der Waals surface area contributed by atoms with E-state index >= 15 is 0 Å². The molecule has 10 nitrogen and oxygen atoms in total. The van der Waals surface area contributed by atoms with E-state index in [0.717, 1.165) is 12.1 Å². The van der Waals surface area contributed by atoms with Crippen molar-refractivity contribution in [1.29, 1.82) is 0 Å². The van der Waals surface area contributed by atoms with Crippen LogP contribution >= 0.6 is 0 Å². The minimum Gasteiger partial charge on any atom is -0.406 e. The van der Waals surface area contributed by atoms with Crippen molar-refractivity contribution in [2.24, 2.45) is 0 Å². The van der Waals surface area contributed by atoms with Crippen molar-refractivity contribution in [3.63, 3.8) is 0 Å². The molecule has 0 saturated carbocycles. The van der Waals surface area contributed by atoms with Crippen LogP contribution in [0.3, 0.4) is 0 Å². The molecule has 0 aliphatic carbocycles. The molecule has 3 aromatic rings. The summed E-state index contributed by atoms with van der Waals surface area (Å²) in [4.78, 5) is 61.1. The molecule has 2 heterocycles. The standard InChI is InChI=1S/C26H26F3N5O5/c1-15(30-21(35)20-22(36)32-19-7-5-4-6-18(19)31-20)23(37)33-12-13-34(25(2,3)14-33)24(38)16-8-10-17(11-9-16)39-26(27,28)29/h4-11,15H,12-14H2,1-3H3,(H,30,35)(H,32,36)/t15-/m0/s1. The van der Waals surface area contributed by atoms with Crippen molar-refractivity contribution < 1.29 is 32.3 Å². The highest BCUT2D eigenvalue weighted by Gasteiger charge is 2.40. The van der Waals surface area contributed by atoms with E-state index in [2.05, 4.69) is 20.0 Å². The van der Waals surface area contributed by atoms with Gasteiger partial charge in [-0.1, -0.05) is 12.1 Å². The van der Waals surface area contributed by atoms with Gasteiger partial charge in [-0.05, 0) is 57.2 Å². The summed E-state index contributed by atoms with van der Waals surface area (Å²) in [5.41, 5.74) is -0.805. The van der Waals surface area contributed by atoms with Gasteiger partial charge >= 0.3 is 6.36 Å². The van der Waals surface area contributed by atoms with Crippen LogP contribution in [0, 0.1) is 0 Å². The van der Waals surface area contributed by atoms with Crippen molar-refractivity contribution >= 4 is 28.8 Å². The molecule has 1 aromatic heterocycles. The molecule has 1 fully saturated rings. The number of alkyl halides is 3. The van der Waals surface area contributed by atoms with Crippen LogP contribution in [0.25, 0.3) is 11.0 Å². The smallest absolute Gasteiger partial charge is 0.406 e. The number of nitrogens with zero attached hydrogens (tertiary/aromatic N) is 3. The molecule has 39 heavy (non-hydrogen) atoms. The van der Waals surface area contributed by atoms with Crippen LogP contribution in [0.15, 0.2) is 53.3 Å². The summed E-state index contributed by atoms with van der Waals surface area (Å²) in [7, 11) is 0. The lowest BCUT2D eigenvalue weighted by atomic mass is 9.96. The number of halogens is 3. The van der Waals surface area contributed by atoms with Crippen LogP contribution in [0.1, 0.15) is 41.6 Å². The fraction of sp³-hybridized carbons (Fsp3) is 0.346. The number of rotatable bonds is 5. The Balaban J connectivity index is 1.40. The Kier molecular flexibility index (Phi) is 7.35. The number of para-hydroxylation sites is 2. The highest BCUT2D eigenvalue weighted by Crippen LogP contribution is 2.26. The number of H-pyrrole nitrogens is 1. The van der Waals surface area contributed by atoms with Gasteiger partial charge in [-0.25, -0.2) is 4.98 Å². The predicted octanol–water partition coefficient (Wildman–Crippen LogP) is 2.70. The number of aromatic amines is 1. The zero-order valence-corrected chi connectivity index (χ0v) is 21.3. The molecular formula is C26H26F3N5O5. The lowest BCUT2D eigenvalue weighted by molar-refractivity contribution is -0.274. The third-order valence-electron chi connectivity index (χ3n) is 6.33. The Labute approximate surface area is 220 Å². The van der Waals surface area contributed by atoms with E-state index in [4.69, 9.17) is 0 Å². The van der Waals surface area contributed by atoms with Gasteiger partial charge in [0.1, 0.15) is 11.8 Å². The maximum atomic E-state index is 13.1. The Morgan fingerprint density at radius 3 is 2.38 bits per heavy atom. The van der Waals surface area contributed by atoms with Crippen molar-refractivity contribution in [3.05, 3.63) is 70.1 Å². The molecule has 0 spiro atoms. The second-order valence-electron chi connectivity index (χ2n) is 9.73. The molecule has 206 valence electrons. The van der Waals surface area contributed by atoms with E-state index < -0.39 is 47.0 Å². The van der Waals surface area contributed by atoms with E-state index in [1.807, 2.05) is 0 Å².